The zero-order chi connectivity index (χ0) is 24.8. The van der Waals surface area contributed by atoms with E-state index in [-0.39, 0.29) is 17.4 Å². The number of ether oxygens (including phenoxy) is 2. The molecule has 0 radical (unpaired) electrons. The van der Waals surface area contributed by atoms with Gasteiger partial charge in [-0.15, -0.1) is 0 Å². The van der Waals surface area contributed by atoms with Crippen LogP contribution in [0.1, 0.15) is 76.6 Å². The summed E-state index contributed by atoms with van der Waals surface area (Å²) in [6.07, 6.45) is 1.90. The van der Waals surface area contributed by atoms with E-state index in [1.165, 1.54) is 0 Å². The van der Waals surface area contributed by atoms with Crippen LogP contribution in [0.5, 0.6) is 11.5 Å². The zero-order valence-corrected chi connectivity index (χ0v) is 20.8. The number of hydrogen-bond acceptors (Lipinski definition) is 4. The summed E-state index contributed by atoms with van der Waals surface area (Å²) >= 11 is 0. The highest BCUT2D eigenvalue weighted by molar-refractivity contribution is 5.73. The summed E-state index contributed by atoms with van der Waals surface area (Å²) in [6.45, 7) is 19.9. The molecule has 0 bridgehead atoms. The second-order valence-corrected chi connectivity index (χ2v) is 9.19. The summed E-state index contributed by atoms with van der Waals surface area (Å²) < 4.78 is 11.1. The molecule has 0 amide bonds. The molecule has 2 aromatic carbocycles. The number of carbonyl (C=O) groups is 2. The van der Waals surface area contributed by atoms with E-state index in [4.69, 9.17) is 9.47 Å². The van der Waals surface area contributed by atoms with Crippen molar-refractivity contribution >= 4 is 11.9 Å². The molecular formula is C29H36O4. The van der Waals surface area contributed by atoms with Gasteiger partial charge in [0, 0.05) is 18.3 Å². The molecule has 4 heteroatoms. The lowest BCUT2D eigenvalue weighted by Crippen LogP contribution is -2.20. The van der Waals surface area contributed by atoms with E-state index in [1.54, 1.807) is 13.8 Å². The Morgan fingerprint density at radius 2 is 1.12 bits per heavy atom. The van der Waals surface area contributed by atoms with Crippen molar-refractivity contribution in [1.82, 2.24) is 0 Å². The Morgan fingerprint density at radius 1 is 0.758 bits per heavy atom. The van der Waals surface area contributed by atoms with E-state index < -0.39 is 0 Å². The molecule has 0 fully saturated rings. The van der Waals surface area contributed by atoms with Crippen molar-refractivity contribution < 1.29 is 19.1 Å². The largest absolute Gasteiger partial charge is 0.426 e. The van der Waals surface area contributed by atoms with Crippen LogP contribution in [0.2, 0.25) is 0 Å². The van der Waals surface area contributed by atoms with E-state index in [2.05, 4.69) is 39.1 Å². The molecule has 33 heavy (non-hydrogen) atoms. The van der Waals surface area contributed by atoms with Crippen LogP contribution < -0.4 is 9.47 Å². The van der Waals surface area contributed by atoms with Gasteiger partial charge in [0.1, 0.15) is 11.5 Å². The van der Waals surface area contributed by atoms with Crippen molar-refractivity contribution in [3.8, 4) is 11.5 Å². The molecule has 2 rings (SSSR count). The van der Waals surface area contributed by atoms with Gasteiger partial charge >= 0.3 is 11.9 Å². The SMILES string of the molecule is C=C(C)Cc1cc(C(C)(C)c2ccc(OC(=O)CC)c(CC(=C)C)c2)ccc1OC(=O)CC. The van der Waals surface area contributed by atoms with Gasteiger partial charge in [-0.3, -0.25) is 9.59 Å². The third-order valence-corrected chi connectivity index (χ3v) is 5.57. The maximum atomic E-state index is 11.9. The number of hydrogen-bond donors (Lipinski definition) is 0. The fourth-order valence-corrected chi connectivity index (χ4v) is 3.62. The van der Waals surface area contributed by atoms with Crippen LogP contribution in [-0.4, -0.2) is 11.9 Å². The van der Waals surface area contributed by atoms with E-state index in [0.29, 0.717) is 37.2 Å². The normalized spacial score (nSPS) is 11.1. The molecule has 0 aliphatic heterocycles. The van der Waals surface area contributed by atoms with E-state index in [0.717, 1.165) is 33.4 Å². The molecule has 0 saturated heterocycles. The van der Waals surface area contributed by atoms with Crippen LogP contribution in [0, 0.1) is 0 Å². The lowest BCUT2D eigenvalue weighted by molar-refractivity contribution is -0.135. The third kappa shape index (κ3) is 6.92. The van der Waals surface area contributed by atoms with Gasteiger partial charge in [0.25, 0.3) is 0 Å². The second-order valence-electron chi connectivity index (χ2n) is 9.19. The first-order chi connectivity index (χ1) is 15.5. The predicted octanol–water partition coefficient (Wildman–Crippen LogP) is 6.88. The van der Waals surface area contributed by atoms with Gasteiger partial charge in [0.15, 0.2) is 0 Å². The van der Waals surface area contributed by atoms with Gasteiger partial charge in [-0.25, -0.2) is 0 Å². The van der Waals surface area contributed by atoms with E-state index in [1.807, 2.05) is 38.1 Å². The molecule has 0 aliphatic rings. The van der Waals surface area contributed by atoms with Crippen molar-refractivity contribution in [2.75, 3.05) is 0 Å². The minimum atomic E-state index is -0.339. The van der Waals surface area contributed by atoms with E-state index in [9.17, 15) is 9.59 Å². The van der Waals surface area contributed by atoms with Crippen LogP contribution in [0.4, 0.5) is 0 Å². The zero-order valence-electron chi connectivity index (χ0n) is 20.8. The number of benzene rings is 2. The Morgan fingerprint density at radius 3 is 1.42 bits per heavy atom. The Kier molecular flexibility index (Phi) is 8.81. The van der Waals surface area contributed by atoms with Crippen LogP contribution in [0.15, 0.2) is 60.7 Å². The summed E-state index contributed by atoms with van der Waals surface area (Å²) in [7, 11) is 0. The van der Waals surface area contributed by atoms with Crippen LogP contribution >= 0.6 is 0 Å². The molecule has 0 aliphatic carbocycles. The van der Waals surface area contributed by atoms with Crippen LogP contribution in [0.25, 0.3) is 0 Å². The van der Waals surface area contributed by atoms with Gasteiger partial charge in [-0.1, -0.05) is 76.3 Å². The third-order valence-electron chi connectivity index (χ3n) is 5.57. The summed E-state index contributed by atoms with van der Waals surface area (Å²) in [5.41, 5.74) is 5.70. The summed E-state index contributed by atoms with van der Waals surface area (Å²) in [6, 6.07) is 11.9. The fourth-order valence-electron chi connectivity index (χ4n) is 3.62. The first-order valence-electron chi connectivity index (χ1n) is 11.4. The molecule has 0 unspecified atom stereocenters. The Bertz CT molecular complexity index is 976. The predicted molar refractivity (Wildman–Crippen MR) is 134 cm³/mol. The van der Waals surface area contributed by atoms with Crippen molar-refractivity contribution in [2.45, 2.75) is 72.6 Å². The Hall–Kier alpha value is -3.14. The molecular weight excluding hydrogens is 412 g/mol. The maximum Gasteiger partial charge on any atom is 0.310 e. The van der Waals surface area contributed by atoms with Gasteiger partial charge in [0.05, 0.1) is 0 Å². The van der Waals surface area contributed by atoms with Crippen molar-refractivity contribution in [1.29, 1.82) is 0 Å². The Balaban J connectivity index is 2.52. The molecule has 0 saturated carbocycles. The topological polar surface area (TPSA) is 52.6 Å². The lowest BCUT2D eigenvalue weighted by Gasteiger charge is -2.28. The number of allylic oxidation sites excluding steroid dienone is 2. The number of rotatable bonds is 10. The molecule has 0 spiro atoms. The molecule has 0 heterocycles. The van der Waals surface area contributed by atoms with E-state index >= 15 is 0 Å². The minimum absolute atomic E-state index is 0.258. The monoisotopic (exact) mass is 448 g/mol. The average molecular weight is 449 g/mol. The van der Waals surface area contributed by atoms with Gasteiger partial charge < -0.3 is 9.47 Å². The van der Waals surface area contributed by atoms with Crippen molar-refractivity contribution in [3.05, 3.63) is 83.0 Å². The fraction of sp³-hybridized carbons (Fsp3) is 0.379. The molecule has 0 N–H and O–H groups in total. The number of carbonyl (C=O) groups excluding carboxylic acids is 2. The summed E-state index contributed by atoms with van der Waals surface area (Å²) in [5, 5.41) is 0. The lowest BCUT2D eigenvalue weighted by atomic mass is 9.76. The molecule has 0 aromatic heterocycles. The average Bonchev–Trinajstić information content (AvgIpc) is 2.74. The smallest absolute Gasteiger partial charge is 0.310 e. The van der Waals surface area contributed by atoms with Gasteiger partial charge in [0.2, 0.25) is 0 Å². The van der Waals surface area contributed by atoms with Crippen molar-refractivity contribution in [2.24, 2.45) is 0 Å². The first kappa shape index (κ1) is 26.1. The quantitative estimate of drug-likeness (QED) is 0.226. The molecule has 2 aromatic rings. The standard InChI is InChI=1S/C29H36O4/c1-9-27(30)32-25-13-11-23(17-21(25)15-19(3)4)29(7,8)24-12-14-26(33-28(31)10-2)22(18-24)16-20(5)6/h11-14,17-18H,3,5,9-10,15-16H2,1-2,4,6-8H3. The highest BCUT2D eigenvalue weighted by atomic mass is 16.5. The molecule has 176 valence electrons. The van der Waals surface area contributed by atoms with Crippen LogP contribution in [0.3, 0.4) is 0 Å². The highest BCUT2D eigenvalue weighted by Gasteiger charge is 2.26. The number of esters is 2. The maximum absolute atomic E-state index is 11.9. The van der Waals surface area contributed by atoms with Gasteiger partial charge in [-0.05, 0) is 61.1 Å². The second kappa shape index (κ2) is 11.1. The summed E-state index contributed by atoms with van der Waals surface area (Å²) in [5.74, 6) is 0.640. The molecule has 4 nitrogen and oxygen atoms in total. The minimum Gasteiger partial charge on any atom is -0.426 e. The van der Waals surface area contributed by atoms with Crippen molar-refractivity contribution in [3.63, 3.8) is 0 Å². The van der Waals surface area contributed by atoms with Crippen LogP contribution in [-0.2, 0) is 27.8 Å². The van der Waals surface area contributed by atoms with Gasteiger partial charge in [-0.2, -0.15) is 0 Å². The highest BCUT2D eigenvalue weighted by Crippen LogP contribution is 2.37. The summed E-state index contributed by atoms with van der Waals surface area (Å²) in [4.78, 5) is 23.8. The Labute approximate surface area is 198 Å². The molecule has 0 atom stereocenters. The first-order valence-corrected chi connectivity index (χ1v) is 11.4.